The number of rotatable bonds is 15. The lowest BCUT2D eigenvalue weighted by molar-refractivity contribution is -0.0308. The van der Waals surface area contributed by atoms with E-state index in [2.05, 4.69) is 10.1 Å². The van der Waals surface area contributed by atoms with Crippen LogP contribution in [0.3, 0.4) is 0 Å². The summed E-state index contributed by atoms with van der Waals surface area (Å²) in [6.07, 6.45) is -0.269. The van der Waals surface area contributed by atoms with Crippen LogP contribution in [0.5, 0.6) is 0 Å². The van der Waals surface area contributed by atoms with E-state index in [1.165, 1.54) is 6.33 Å². The van der Waals surface area contributed by atoms with Crippen molar-refractivity contribution in [3.05, 3.63) is 24.2 Å². The summed E-state index contributed by atoms with van der Waals surface area (Å²) in [5, 5.41) is 4.19. The quantitative estimate of drug-likeness (QED) is 0.153. The normalized spacial score (nSPS) is 11.7. The fourth-order valence-electron chi connectivity index (χ4n) is 2.76. The number of nitrogens with two attached hydrogens (primary N) is 1. The molecule has 0 saturated carbocycles. The van der Waals surface area contributed by atoms with Gasteiger partial charge >= 0.3 is 19.9 Å². The summed E-state index contributed by atoms with van der Waals surface area (Å²) in [5.41, 5.74) is 7.50. The molecule has 2 heterocycles. The number of anilines is 1. The number of hydrogen-bond donors (Lipinski definition) is 1. The van der Waals surface area contributed by atoms with Gasteiger partial charge in [0.1, 0.15) is 11.8 Å². The van der Waals surface area contributed by atoms with E-state index in [0.717, 1.165) is 11.2 Å². The zero-order chi connectivity index (χ0) is 26.6. The molecule has 15 heteroatoms. The molecular weight excluding hydrogens is 499 g/mol. The molecule has 0 radical (unpaired) electrons. The maximum absolute atomic E-state index is 13.0. The highest BCUT2D eigenvalue weighted by Gasteiger charge is 2.27. The van der Waals surface area contributed by atoms with E-state index in [1.54, 1.807) is 32.2 Å². The van der Waals surface area contributed by atoms with Crippen molar-refractivity contribution >= 4 is 31.2 Å². The van der Waals surface area contributed by atoms with Gasteiger partial charge in [-0.25, -0.2) is 19.1 Å². The van der Waals surface area contributed by atoms with Crippen molar-refractivity contribution in [3.8, 4) is 0 Å². The maximum Gasteiger partial charge on any atom is 0.510 e. The number of fused-ring (bicyclic) bond motifs is 1. The Morgan fingerprint density at radius 2 is 1.61 bits per heavy atom. The summed E-state index contributed by atoms with van der Waals surface area (Å²) in [6, 6.07) is 3.75. The standard InChI is InChI=1S/C21H33N4O10P/c1-15(2)34-20(26)30-13-32-36(28,33-14-31-21(27)35-16(3)4)11-10-29-9-5-6-17-7-8-18-19(22)23-12-24-25(17)18/h7-8,12,15-16H,5-6,9-11,13-14H2,1-4H3,(H2,22,23,24). The average Bonchev–Trinajstić information content (AvgIpc) is 3.19. The first kappa shape index (κ1) is 29.3. The predicted molar refractivity (Wildman–Crippen MR) is 126 cm³/mol. The molecular formula is C21H33N4O10P. The number of aromatic nitrogens is 3. The molecule has 0 aliphatic carbocycles. The van der Waals surface area contributed by atoms with Gasteiger partial charge in [-0.15, -0.1) is 0 Å². The molecule has 0 bridgehead atoms. The smallest absolute Gasteiger partial charge is 0.432 e. The fraction of sp³-hybridized carbons (Fsp3) is 0.619. The lowest BCUT2D eigenvalue weighted by Gasteiger charge is -2.18. The Morgan fingerprint density at radius 1 is 1.00 bits per heavy atom. The number of nitrogen functional groups attached to an aromatic ring is 1. The lowest BCUT2D eigenvalue weighted by atomic mass is 10.2. The van der Waals surface area contributed by atoms with Crippen molar-refractivity contribution < 1.29 is 46.9 Å². The van der Waals surface area contributed by atoms with Crippen LogP contribution in [0.25, 0.3) is 5.52 Å². The number of aryl methyl sites for hydroxylation is 1. The first-order chi connectivity index (χ1) is 17.1. The minimum atomic E-state index is -3.86. The van der Waals surface area contributed by atoms with Gasteiger partial charge in [0.05, 0.1) is 25.0 Å². The summed E-state index contributed by atoms with van der Waals surface area (Å²) in [6.45, 7) is 5.55. The van der Waals surface area contributed by atoms with Crippen LogP contribution in [0.15, 0.2) is 18.5 Å². The zero-order valence-electron chi connectivity index (χ0n) is 20.8. The van der Waals surface area contributed by atoms with Crippen molar-refractivity contribution in [3.63, 3.8) is 0 Å². The molecule has 2 N–H and O–H groups in total. The molecule has 2 aromatic heterocycles. The molecule has 0 aromatic carbocycles. The molecule has 0 aliphatic rings. The third-order valence-corrected chi connectivity index (χ3v) is 6.04. The van der Waals surface area contributed by atoms with Gasteiger partial charge in [-0.05, 0) is 52.7 Å². The summed E-state index contributed by atoms with van der Waals surface area (Å²) in [5.74, 6) is 0.395. The van der Waals surface area contributed by atoms with Crippen molar-refractivity contribution in [2.75, 3.05) is 38.7 Å². The van der Waals surface area contributed by atoms with E-state index >= 15 is 0 Å². The van der Waals surface area contributed by atoms with Gasteiger partial charge in [0, 0.05) is 12.3 Å². The molecule has 202 valence electrons. The second-order valence-corrected chi connectivity index (χ2v) is 10.1. The summed E-state index contributed by atoms with van der Waals surface area (Å²) < 4.78 is 49.6. The average molecular weight is 532 g/mol. The molecule has 0 saturated heterocycles. The number of nitrogens with zero attached hydrogens (tertiary/aromatic N) is 3. The zero-order valence-corrected chi connectivity index (χ0v) is 21.7. The highest BCUT2D eigenvalue weighted by atomic mass is 31.2. The lowest BCUT2D eigenvalue weighted by Crippen LogP contribution is -2.17. The van der Waals surface area contributed by atoms with Crippen molar-refractivity contribution in [1.82, 2.24) is 14.6 Å². The van der Waals surface area contributed by atoms with Crippen LogP contribution in [0.2, 0.25) is 0 Å². The number of hydrogen-bond acceptors (Lipinski definition) is 13. The maximum atomic E-state index is 13.0. The Morgan fingerprint density at radius 3 is 2.19 bits per heavy atom. The highest BCUT2D eigenvalue weighted by molar-refractivity contribution is 7.53. The van der Waals surface area contributed by atoms with Crippen LogP contribution >= 0.6 is 7.60 Å². The predicted octanol–water partition coefficient (Wildman–Crippen LogP) is 3.53. The topological polar surface area (TPSA) is 172 Å². The van der Waals surface area contributed by atoms with Gasteiger partial charge in [0.15, 0.2) is 5.82 Å². The minimum Gasteiger partial charge on any atom is -0.432 e. The summed E-state index contributed by atoms with van der Waals surface area (Å²) in [4.78, 5) is 26.9. The molecule has 0 unspecified atom stereocenters. The Hall–Kier alpha value is -2.93. The van der Waals surface area contributed by atoms with Gasteiger partial charge in [-0.1, -0.05) is 0 Å². The molecule has 0 atom stereocenters. The molecule has 2 rings (SSSR count). The second-order valence-electron chi connectivity index (χ2n) is 7.93. The van der Waals surface area contributed by atoms with Crippen LogP contribution < -0.4 is 5.73 Å². The Bertz CT molecular complexity index is 997. The Balaban J connectivity index is 1.78. The molecule has 0 fully saturated rings. The van der Waals surface area contributed by atoms with Gasteiger partial charge in [-0.3, -0.25) is 13.6 Å². The van der Waals surface area contributed by atoms with E-state index < -0.39 is 45.7 Å². The van der Waals surface area contributed by atoms with Crippen molar-refractivity contribution in [2.45, 2.75) is 52.7 Å². The molecule has 0 amide bonds. The number of carbonyl (C=O) groups is 2. The molecule has 14 nitrogen and oxygen atoms in total. The van der Waals surface area contributed by atoms with Crippen LogP contribution in [0.4, 0.5) is 15.4 Å². The third-order valence-electron chi connectivity index (χ3n) is 4.31. The van der Waals surface area contributed by atoms with Gasteiger partial charge in [-0.2, -0.15) is 5.10 Å². The molecule has 0 spiro atoms. The van der Waals surface area contributed by atoms with Crippen LogP contribution in [-0.2, 0) is 43.7 Å². The third kappa shape index (κ3) is 10.4. The fourth-order valence-corrected chi connectivity index (χ4v) is 3.87. The van der Waals surface area contributed by atoms with E-state index in [4.69, 9.17) is 38.5 Å². The van der Waals surface area contributed by atoms with E-state index in [9.17, 15) is 14.2 Å². The molecule has 2 aromatic rings. The van der Waals surface area contributed by atoms with Gasteiger partial charge < -0.3 is 29.4 Å². The van der Waals surface area contributed by atoms with Crippen LogP contribution in [0, 0.1) is 0 Å². The summed E-state index contributed by atoms with van der Waals surface area (Å²) in [7, 11) is -3.86. The van der Waals surface area contributed by atoms with Gasteiger partial charge in [0.2, 0.25) is 13.6 Å². The first-order valence-electron chi connectivity index (χ1n) is 11.3. The minimum absolute atomic E-state index is 0.00811. The Kier molecular flexibility index (Phi) is 11.9. The van der Waals surface area contributed by atoms with Gasteiger partial charge in [0.25, 0.3) is 0 Å². The van der Waals surface area contributed by atoms with Crippen molar-refractivity contribution in [1.29, 1.82) is 0 Å². The van der Waals surface area contributed by atoms with E-state index in [0.29, 0.717) is 25.3 Å². The molecule has 36 heavy (non-hydrogen) atoms. The van der Waals surface area contributed by atoms with E-state index in [1.807, 2.05) is 12.1 Å². The molecule has 0 aliphatic heterocycles. The number of ether oxygens (including phenoxy) is 5. The first-order valence-corrected chi connectivity index (χ1v) is 13.0. The SMILES string of the molecule is CC(C)OC(=O)OCOP(=O)(CCOCCCc1ccc2c(N)ncnn12)OCOC(=O)OC(C)C. The van der Waals surface area contributed by atoms with E-state index in [-0.39, 0.29) is 12.8 Å². The second kappa shape index (κ2) is 14.6. The monoisotopic (exact) mass is 532 g/mol. The highest BCUT2D eigenvalue weighted by Crippen LogP contribution is 2.47. The largest absolute Gasteiger partial charge is 0.510 e. The Labute approximate surface area is 208 Å². The summed E-state index contributed by atoms with van der Waals surface area (Å²) >= 11 is 0. The van der Waals surface area contributed by atoms with Crippen LogP contribution in [-0.4, -0.2) is 72.1 Å². The van der Waals surface area contributed by atoms with Crippen LogP contribution in [0.1, 0.15) is 39.8 Å². The number of carbonyl (C=O) groups excluding carboxylic acids is 2. The van der Waals surface area contributed by atoms with Crippen molar-refractivity contribution in [2.24, 2.45) is 0 Å².